The second-order valence-electron chi connectivity index (χ2n) is 8.33. The van der Waals surface area contributed by atoms with Crippen LogP contribution in [-0.4, -0.2) is 37.8 Å². The molecule has 1 atom stereocenters. The van der Waals surface area contributed by atoms with Crippen molar-refractivity contribution >= 4 is 0 Å². The van der Waals surface area contributed by atoms with Gasteiger partial charge in [0.15, 0.2) is 0 Å². The largest absolute Gasteiger partial charge is 0.492 e. The van der Waals surface area contributed by atoms with E-state index in [1.807, 2.05) is 32.1 Å². The van der Waals surface area contributed by atoms with Gasteiger partial charge in [-0.1, -0.05) is 36.4 Å². The average Bonchev–Trinajstić information content (AvgIpc) is 2.79. The predicted octanol–water partition coefficient (Wildman–Crippen LogP) is 6.73. The van der Waals surface area contributed by atoms with Gasteiger partial charge in [0.25, 0.3) is 0 Å². The first kappa shape index (κ1) is 24.1. The number of benzene rings is 1. The van der Waals surface area contributed by atoms with Gasteiger partial charge in [0, 0.05) is 36.7 Å². The Morgan fingerprint density at radius 2 is 1.84 bits per heavy atom. The van der Waals surface area contributed by atoms with Crippen LogP contribution in [0, 0.1) is 5.92 Å². The van der Waals surface area contributed by atoms with E-state index in [0.717, 1.165) is 42.3 Å². The lowest BCUT2D eigenvalue weighted by atomic mass is 9.84. The molecule has 4 heteroatoms. The summed E-state index contributed by atoms with van der Waals surface area (Å²) >= 11 is 0. The van der Waals surface area contributed by atoms with E-state index in [1.54, 1.807) is 0 Å². The van der Waals surface area contributed by atoms with Gasteiger partial charge in [-0.05, 0) is 69.5 Å². The zero-order chi connectivity index (χ0) is 23.1. The molecule has 1 fully saturated rings. The Morgan fingerprint density at radius 1 is 1.12 bits per heavy atom. The molecule has 0 N–H and O–H groups in total. The van der Waals surface area contributed by atoms with Crippen LogP contribution in [0.15, 0.2) is 82.7 Å². The van der Waals surface area contributed by atoms with E-state index in [0.29, 0.717) is 6.61 Å². The van der Waals surface area contributed by atoms with Crippen molar-refractivity contribution in [2.24, 2.45) is 5.92 Å². The summed E-state index contributed by atoms with van der Waals surface area (Å²) in [5.74, 6) is 1.97. The number of likely N-dealkylation sites (tertiary alicyclic amines) is 1. The highest BCUT2D eigenvalue weighted by molar-refractivity contribution is 5.58. The number of hydrogen-bond acceptors (Lipinski definition) is 3. The van der Waals surface area contributed by atoms with E-state index in [4.69, 9.17) is 9.47 Å². The molecular formula is C28H36FNO2. The molecule has 1 unspecified atom stereocenters. The Labute approximate surface area is 192 Å². The second kappa shape index (κ2) is 11.3. The molecule has 0 saturated carbocycles. The van der Waals surface area contributed by atoms with E-state index < -0.39 is 0 Å². The molecule has 0 amide bonds. The maximum atomic E-state index is 12.6. The van der Waals surface area contributed by atoms with Gasteiger partial charge < -0.3 is 9.47 Å². The monoisotopic (exact) mass is 437 g/mol. The Kier molecular flexibility index (Phi) is 8.52. The van der Waals surface area contributed by atoms with E-state index >= 15 is 0 Å². The molecule has 0 spiro atoms. The van der Waals surface area contributed by atoms with Crippen molar-refractivity contribution in [2.75, 3.05) is 32.9 Å². The molecule has 172 valence electrons. The number of nitrogens with zero attached hydrogens (tertiary/aromatic N) is 1. The summed E-state index contributed by atoms with van der Waals surface area (Å²) < 4.78 is 25.0. The highest BCUT2D eigenvalue weighted by atomic mass is 19.1. The minimum Gasteiger partial charge on any atom is -0.492 e. The minimum absolute atomic E-state index is 0.180. The third-order valence-electron chi connectivity index (χ3n) is 6.21. The molecule has 2 aliphatic heterocycles. The molecular weight excluding hydrogens is 401 g/mol. The molecule has 2 heterocycles. The number of ether oxygens (including phenoxy) is 2. The Hall–Kier alpha value is -2.59. The summed E-state index contributed by atoms with van der Waals surface area (Å²) in [6.07, 6.45) is 10.3. The quantitative estimate of drug-likeness (QED) is 0.421. The zero-order valence-corrected chi connectivity index (χ0v) is 20.0. The van der Waals surface area contributed by atoms with E-state index in [9.17, 15) is 4.39 Å². The van der Waals surface area contributed by atoms with Gasteiger partial charge in [0.1, 0.15) is 24.2 Å². The van der Waals surface area contributed by atoms with Crippen molar-refractivity contribution in [3.63, 3.8) is 0 Å². The fourth-order valence-corrected chi connectivity index (χ4v) is 4.47. The van der Waals surface area contributed by atoms with Crippen molar-refractivity contribution < 1.29 is 13.9 Å². The molecule has 2 aliphatic rings. The number of halogens is 1. The zero-order valence-electron chi connectivity index (χ0n) is 20.0. The molecule has 1 saturated heterocycles. The minimum atomic E-state index is -0.217. The summed E-state index contributed by atoms with van der Waals surface area (Å²) in [6, 6.07) is 8.20. The standard InChI is InChI=1S/C28H36FNO2/c1-6-10-22(7-2)27-20(5)25(8-3)26(9-4)32-28(27)23-11-13-24(14-12-23)31-16-15-30-18-21(17-29)19-30/h6-14,21,28H,15-19H2,1-5H3/b10-6-,22-7+,25-8-,26-9+. The van der Waals surface area contributed by atoms with Crippen LogP contribution in [0.4, 0.5) is 4.39 Å². The lowest BCUT2D eigenvalue weighted by molar-refractivity contribution is 0.0668. The van der Waals surface area contributed by atoms with Crippen molar-refractivity contribution in [2.45, 2.75) is 40.7 Å². The molecule has 1 aromatic rings. The molecule has 0 bridgehead atoms. The summed E-state index contributed by atoms with van der Waals surface area (Å²) in [6.45, 7) is 13.3. The van der Waals surface area contributed by atoms with Crippen LogP contribution in [0.1, 0.15) is 46.3 Å². The maximum absolute atomic E-state index is 12.6. The van der Waals surface area contributed by atoms with Crippen molar-refractivity contribution in [3.8, 4) is 5.75 Å². The van der Waals surface area contributed by atoms with Crippen LogP contribution in [-0.2, 0) is 4.74 Å². The summed E-state index contributed by atoms with van der Waals surface area (Å²) in [5.41, 5.74) is 5.84. The molecule has 32 heavy (non-hydrogen) atoms. The van der Waals surface area contributed by atoms with Crippen LogP contribution in [0.25, 0.3) is 0 Å². The lowest BCUT2D eigenvalue weighted by Gasteiger charge is -2.37. The molecule has 0 radical (unpaired) electrons. The third kappa shape index (κ3) is 5.24. The van der Waals surface area contributed by atoms with Crippen LogP contribution in [0.3, 0.4) is 0 Å². The fourth-order valence-electron chi connectivity index (χ4n) is 4.47. The van der Waals surface area contributed by atoms with E-state index in [-0.39, 0.29) is 18.7 Å². The van der Waals surface area contributed by atoms with Crippen LogP contribution >= 0.6 is 0 Å². The summed E-state index contributed by atoms with van der Waals surface area (Å²) in [7, 11) is 0. The lowest BCUT2D eigenvalue weighted by Crippen LogP contribution is -2.49. The van der Waals surface area contributed by atoms with E-state index in [2.05, 4.69) is 62.1 Å². The number of rotatable bonds is 8. The Morgan fingerprint density at radius 3 is 2.41 bits per heavy atom. The Bertz CT molecular complexity index is 931. The average molecular weight is 438 g/mol. The van der Waals surface area contributed by atoms with Gasteiger partial charge in [0.05, 0.1) is 6.67 Å². The van der Waals surface area contributed by atoms with Gasteiger partial charge in [0.2, 0.25) is 0 Å². The number of allylic oxidation sites excluding steroid dienone is 6. The van der Waals surface area contributed by atoms with Gasteiger partial charge in [-0.2, -0.15) is 0 Å². The first-order valence-electron chi connectivity index (χ1n) is 11.6. The highest BCUT2D eigenvalue weighted by Gasteiger charge is 2.30. The van der Waals surface area contributed by atoms with Crippen molar-refractivity contribution in [1.82, 2.24) is 4.90 Å². The molecule has 0 aromatic heterocycles. The summed E-state index contributed by atoms with van der Waals surface area (Å²) in [5, 5.41) is 0. The molecule has 3 rings (SSSR count). The normalized spacial score (nSPS) is 23.2. The number of hydrogen-bond donors (Lipinski definition) is 0. The molecule has 0 aliphatic carbocycles. The van der Waals surface area contributed by atoms with E-state index in [1.165, 1.54) is 16.7 Å². The third-order valence-corrected chi connectivity index (χ3v) is 6.21. The van der Waals surface area contributed by atoms with Gasteiger partial charge in [-0.3, -0.25) is 9.29 Å². The van der Waals surface area contributed by atoms with Crippen molar-refractivity contribution in [3.05, 3.63) is 88.3 Å². The van der Waals surface area contributed by atoms with Crippen LogP contribution < -0.4 is 4.74 Å². The number of alkyl halides is 1. The van der Waals surface area contributed by atoms with Crippen LogP contribution in [0.2, 0.25) is 0 Å². The topological polar surface area (TPSA) is 21.7 Å². The van der Waals surface area contributed by atoms with Gasteiger partial charge in [-0.15, -0.1) is 0 Å². The Balaban J connectivity index is 1.79. The maximum Gasteiger partial charge on any atom is 0.150 e. The molecule has 1 aromatic carbocycles. The predicted molar refractivity (Wildman–Crippen MR) is 130 cm³/mol. The molecule has 3 nitrogen and oxygen atoms in total. The van der Waals surface area contributed by atoms with Crippen molar-refractivity contribution in [1.29, 1.82) is 0 Å². The first-order valence-corrected chi connectivity index (χ1v) is 11.6. The van der Waals surface area contributed by atoms with Crippen LogP contribution in [0.5, 0.6) is 5.75 Å². The smallest absolute Gasteiger partial charge is 0.150 e. The fraction of sp³-hybridized carbons (Fsp3) is 0.429. The van der Waals surface area contributed by atoms with Gasteiger partial charge in [-0.25, -0.2) is 0 Å². The highest BCUT2D eigenvalue weighted by Crippen LogP contribution is 2.44. The van der Waals surface area contributed by atoms with Gasteiger partial charge >= 0.3 is 0 Å². The summed E-state index contributed by atoms with van der Waals surface area (Å²) in [4.78, 5) is 2.23. The first-order chi connectivity index (χ1) is 15.6. The second-order valence-corrected chi connectivity index (χ2v) is 8.33. The SMILES string of the molecule is C/C=C\C(=C/C)C1=C(C)C(=C/C)/C(=C\C)OC1c1ccc(OCCN2CC(CF)C2)cc1.